The summed E-state index contributed by atoms with van der Waals surface area (Å²) in [5.74, 6) is 1.03. The van der Waals surface area contributed by atoms with Crippen LogP contribution in [0.4, 0.5) is 0 Å². The van der Waals surface area contributed by atoms with Crippen molar-refractivity contribution in [3.05, 3.63) is 22.6 Å². The third-order valence-electron chi connectivity index (χ3n) is 2.50. The number of hydrogen-bond donors (Lipinski definition) is 0. The maximum absolute atomic E-state index is 11.8. The first-order valence-electron chi connectivity index (χ1n) is 4.71. The van der Waals surface area contributed by atoms with E-state index in [9.17, 15) is 4.79 Å². The highest BCUT2D eigenvalue weighted by Gasteiger charge is 2.25. The van der Waals surface area contributed by atoms with Crippen molar-refractivity contribution in [3.63, 3.8) is 0 Å². The topological polar surface area (TPSA) is 33.5 Å². The molecule has 1 aromatic heterocycles. The third kappa shape index (κ3) is 1.85. The largest absolute Gasteiger partial charge is 0.444 e. The van der Waals surface area contributed by atoms with Gasteiger partial charge in [0.1, 0.15) is 0 Å². The van der Waals surface area contributed by atoms with E-state index in [1.54, 1.807) is 12.1 Å². The highest BCUT2D eigenvalue weighted by Crippen LogP contribution is 2.20. The molecule has 0 aromatic carbocycles. The molecular formula is C10H12BrNO2. The molecule has 2 rings (SSSR count). The second kappa shape index (κ2) is 3.77. The quantitative estimate of drug-likeness (QED) is 0.775. The molecule has 0 radical (unpaired) electrons. The van der Waals surface area contributed by atoms with Crippen molar-refractivity contribution in [2.75, 3.05) is 13.1 Å². The minimum absolute atomic E-state index is 0.0000463. The number of hydrogen-bond acceptors (Lipinski definition) is 2. The monoisotopic (exact) mass is 257 g/mol. The molecule has 0 bridgehead atoms. The Labute approximate surface area is 91.2 Å². The Balaban J connectivity index is 2.09. The van der Waals surface area contributed by atoms with Crippen molar-refractivity contribution in [1.82, 2.24) is 4.90 Å². The highest BCUT2D eigenvalue weighted by atomic mass is 79.9. The molecule has 1 unspecified atom stereocenters. The lowest BCUT2D eigenvalue weighted by atomic mass is 10.2. The Hall–Kier alpha value is -0.770. The summed E-state index contributed by atoms with van der Waals surface area (Å²) >= 11 is 3.18. The summed E-state index contributed by atoms with van der Waals surface area (Å²) in [7, 11) is 0. The molecule has 1 saturated heterocycles. The van der Waals surface area contributed by atoms with Crippen LogP contribution in [-0.2, 0) is 0 Å². The van der Waals surface area contributed by atoms with Gasteiger partial charge in [0.25, 0.3) is 5.91 Å². The Bertz CT molecular complexity index is 348. The van der Waals surface area contributed by atoms with Crippen molar-refractivity contribution in [2.45, 2.75) is 13.3 Å². The first kappa shape index (κ1) is 9.77. The predicted octanol–water partition coefficient (Wildman–Crippen LogP) is 2.52. The lowest BCUT2D eigenvalue weighted by Crippen LogP contribution is -2.27. The fraction of sp³-hybridized carbons (Fsp3) is 0.500. The smallest absolute Gasteiger partial charge is 0.289 e. The molecule has 1 atom stereocenters. The Morgan fingerprint density at radius 3 is 2.93 bits per heavy atom. The van der Waals surface area contributed by atoms with Crippen LogP contribution in [0.5, 0.6) is 0 Å². The maximum Gasteiger partial charge on any atom is 0.289 e. The van der Waals surface area contributed by atoms with Crippen LogP contribution in [0.2, 0.25) is 0 Å². The van der Waals surface area contributed by atoms with Gasteiger partial charge in [0, 0.05) is 13.1 Å². The third-order valence-corrected chi connectivity index (χ3v) is 2.92. The van der Waals surface area contributed by atoms with E-state index >= 15 is 0 Å². The first-order chi connectivity index (χ1) is 6.66. The molecule has 0 spiro atoms. The molecule has 3 nitrogen and oxygen atoms in total. The minimum atomic E-state index is 0.0000463. The zero-order valence-electron chi connectivity index (χ0n) is 8.00. The van der Waals surface area contributed by atoms with Gasteiger partial charge in [0.2, 0.25) is 0 Å². The summed E-state index contributed by atoms with van der Waals surface area (Å²) in [6.45, 7) is 3.85. The van der Waals surface area contributed by atoms with Crippen LogP contribution in [0.3, 0.4) is 0 Å². The molecule has 1 aliphatic heterocycles. The van der Waals surface area contributed by atoms with E-state index in [0.29, 0.717) is 16.3 Å². The van der Waals surface area contributed by atoms with Crippen molar-refractivity contribution in [1.29, 1.82) is 0 Å². The molecule has 0 saturated carbocycles. The molecule has 0 N–H and O–H groups in total. The summed E-state index contributed by atoms with van der Waals surface area (Å²) in [5.41, 5.74) is 0. The number of amides is 1. The van der Waals surface area contributed by atoms with Gasteiger partial charge in [-0.15, -0.1) is 0 Å². The summed E-state index contributed by atoms with van der Waals surface area (Å²) in [4.78, 5) is 13.7. The van der Waals surface area contributed by atoms with Gasteiger partial charge in [0.05, 0.1) is 0 Å². The van der Waals surface area contributed by atoms with Crippen molar-refractivity contribution in [3.8, 4) is 0 Å². The number of carbonyl (C=O) groups is 1. The van der Waals surface area contributed by atoms with Crippen LogP contribution in [0.15, 0.2) is 21.2 Å². The van der Waals surface area contributed by atoms with E-state index in [-0.39, 0.29) is 5.91 Å². The molecule has 14 heavy (non-hydrogen) atoms. The van der Waals surface area contributed by atoms with Crippen LogP contribution < -0.4 is 0 Å². The van der Waals surface area contributed by atoms with Gasteiger partial charge >= 0.3 is 0 Å². The van der Waals surface area contributed by atoms with Crippen LogP contribution in [0.25, 0.3) is 0 Å². The fourth-order valence-electron chi connectivity index (χ4n) is 1.70. The average Bonchev–Trinajstić information content (AvgIpc) is 2.73. The van der Waals surface area contributed by atoms with E-state index in [1.165, 1.54) is 0 Å². The Morgan fingerprint density at radius 1 is 1.64 bits per heavy atom. The van der Waals surface area contributed by atoms with Gasteiger partial charge in [-0.3, -0.25) is 4.79 Å². The van der Waals surface area contributed by atoms with E-state index in [4.69, 9.17) is 4.42 Å². The van der Waals surface area contributed by atoms with Gasteiger partial charge in [0.15, 0.2) is 10.4 Å². The fourth-order valence-corrected chi connectivity index (χ4v) is 2.01. The predicted molar refractivity (Wildman–Crippen MR) is 56.1 cm³/mol. The lowest BCUT2D eigenvalue weighted by Gasteiger charge is -2.13. The van der Waals surface area contributed by atoms with Crippen LogP contribution in [0, 0.1) is 5.92 Å². The van der Waals surface area contributed by atoms with Gasteiger partial charge in [-0.05, 0) is 40.4 Å². The number of likely N-dealkylation sites (tertiary alicyclic amines) is 1. The molecule has 0 aliphatic carbocycles. The molecular weight excluding hydrogens is 246 g/mol. The van der Waals surface area contributed by atoms with E-state index < -0.39 is 0 Å². The second-order valence-corrected chi connectivity index (χ2v) is 4.53. The van der Waals surface area contributed by atoms with Crippen molar-refractivity contribution >= 4 is 21.8 Å². The van der Waals surface area contributed by atoms with Crippen LogP contribution in [-0.4, -0.2) is 23.9 Å². The summed E-state index contributed by atoms with van der Waals surface area (Å²) < 4.78 is 5.82. The number of rotatable bonds is 1. The van der Waals surface area contributed by atoms with Crippen LogP contribution in [0.1, 0.15) is 23.9 Å². The normalized spacial score (nSPS) is 21.6. The number of furan rings is 1. The standard InChI is InChI=1S/C10H12BrNO2/c1-7-4-5-12(6-7)10(13)8-2-3-9(11)14-8/h2-3,7H,4-6H2,1H3. The molecule has 4 heteroatoms. The van der Waals surface area contributed by atoms with Crippen LogP contribution >= 0.6 is 15.9 Å². The summed E-state index contributed by atoms with van der Waals surface area (Å²) in [6.07, 6.45) is 1.09. The van der Waals surface area contributed by atoms with Gasteiger partial charge in [-0.25, -0.2) is 0 Å². The number of nitrogens with zero attached hydrogens (tertiary/aromatic N) is 1. The van der Waals surface area contributed by atoms with Crippen molar-refractivity contribution in [2.24, 2.45) is 5.92 Å². The number of halogens is 1. The van der Waals surface area contributed by atoms with E-state index in [2.05, 4.69) is 22.9 Å². The second-order valence-electron chi connectivity index (χ2n) is 3.75. The Morgan fingerprint density at radius 2 is 2.43 bits per heavy atom. The van der Waals surface area contributed by atoms with Gasteiger partial charge in [-0.1, -0.05) is 6.92 Å². The maximum atomic E-state index is 11.8. The van der Waals surface area contributed by atoms with Gasteiger partial charge < -0.3 is 9.32 Å². The molecule has 2 heterocycles. The molecule has 1 aromatic rings. The summed E-state index contributed by atoms with van der Waals surface area (Å²) in [6, 6.07) is 3.45. The highest BCUT2D eigenvalue weighted by molar-refractivity contribution is 9.10. The molecule has 1 fully saturated rings. The number of carbonyl (C=O) groups excluding carboxylic acids is 1. The van der Waals surface area contributed by atoms with Gasteiger partial charge in [-0.2, -0.15) is 0 Å². The Kier molecular flexibility index (Phi) is 2.63. The molecule has 1 aliphatic rings. The zero-order valence-corrected chi connectivity index (χ0v) is 9.58. The van der Waals surface area contributed by atoms with E-state index in [1.807, 2.05) is 4.90 Å². The lowest BCUT2D eigenvalue weighted by molar-refractivity contribution is 0.0755. The van der Waals surface area contributed by atoms with E-state index in [0.717, 1.165) is 19.5 Å². The first-order valence-corrected chi connectivity index (χ1v) is 5.50. The zero-order chi connectivity index (χ0) is 10.1. The van der Waals surface area contributed by atoms with Crippen molar-refractivity contribution < 1.29 is 9.21 Å². The summed E-state index contributed by atoms with van der Waals surface area (Å²) in [5, 5.41) is 0. The average molecular weight is 258 g/mol. The SMILES string of the molecule is CC1CCN(C(=O)c2ccc(Br)o2)C1. The molecule has 1 amide bonds. The molecule has 76 valence electrons. The minimum Gasteiger partial charge on any atom is -0.444 e.